The molecule has 0 aromatic carbocycles. The third kappa shape index (κ3) is 0.971. The maximum atomic E-state index is 11.4. The summed E-state index contributed by atoms with van der Waals surface area (Å²) in [7, 11) is 0. The van der Waals surface area contributed by atoms with E-state index in [0.717, 1.165) is 24.7 Å². The first-order valence-electron chi connectivity index (χ1n) is 5.24. The molecule has 0 aliphatic heterocycles. The number of rotatable bonds is 1. The second-order valence-corrected chi connectivity index (χ2v) is 6.13. The molecule has 3 rings (SSSR count). The van der Waals surface area contributed by atoms with Crippen molar-refractivity contribution in [2.75, 3.05) is 0 Å². The minimum atomic E-state index is -0.185. The van der Waals surface area contributed by atoms with Crippen molar-refractivity contribution in [2.45, 2.75) is 39.0 Å². The fourth-order valence-corrected chi connectivity index (χ4v) is 4.30. The van der Waals surface area contributed by atoms with Crippen molar-refractivity contribution in [1.82, 2.24) is 0 Å². The van der Waals surface area contributed by atoms with Crippen LogP contribution in [-0.4, -0.2) is 5.24 Å². The Morgan fingerprint density at radius 3 is 2.77 bits per heavy atom. The Hall–Kier alpha value is -0.0400. The first-order chi connectivity index (χ1) is 6.04. The summed E-state index contributed by atoms with van der Waals surface area (Å²) >= 11 is 5.70. The number of halogens is 1. The maximum absolute atomic E-state index is 11.4. The van der Waals surface area contributed by atoms with Crippen LogP contribution >= 0.6 is 11.6 Å². The minimum Gasteiger partial charge on any atom is -0.281 e. The molecule has 2 heteroatoms. The van der Waals surface area contributed by atoms with E-state index in [1.54, 1.807) is 0 Å². The van der Waals surface area contributed by atoms with E-state index in [9.17, 15) is 4.79 Å². The fourth-order valence-electron chi connectivity index (χ4n) is 4.16. The molecule has 72 valence electrons. The second kappa shape index (κ2) is 2.13. The molecule has 0 radical (unpaired) electrons. The molecule has 3 aliphatic carbocycles. The normalized spacial score (nSPS) is 57.4. The van der Waals surface area contributed by atoms with Gasteiger partial charge in [0, 0.05) is 5.41 Å². The molecule has 0 N–H and O–H groups in total. The minimum absolute atomic E-state index is 0.0934. The highest BCUT2D eigenvalue weighted by Crippen LogP contribution is 2.74. The topological polar surface area (TPSA) is 17.1 Å². The van der Waals surface area contributed by atoms with Crippen LogP contribution in [0.2, 0.25) is 0 Å². The van der Waals surface area contributed by atoms with Crippen molar-refractivity contribution >= 4 is 16.8 Å². The average Bonchev–Trinajstić information content (AvgIpc) is 2.52. The van der Waals surface area contributed by atoms with Crippen molar-refractivity contribution in [2.24, 2.45) is 22.7 Å². The van der Waals surface area contributed by atoms with E-state index >= 15 is 0 Å². The predicted octanol–water partition coefficient (Wildman–Crippen LogP) is 2.97. The van der Waals surface area contributed by atoms with Gasteiger partial charge in [-0.2, -0.15) is 0 Å². The van der Waals surface area contributed by atoms with Crippen LogP contribution < -0.4 is 0 Å². The van der Waals surface area contributed by atoms with Gasteiger partial charge in [0.1, 0.15) is 0 Å². The zero-order valence-electron chi connectivity index (χ0n) is 7.98. The van der Waals surface area contributed by atoms with E-state index in [2.05, 4.69) is 6.92 Å². The fraction of sp³-hybridized carbons (Fsp3) is 0.909. The Kier molecular flexibility index (Phi) is 1.36. The molecule has 4 unspecified atom stereocenters. The number of carbonyl (C=O) groups is 1. The van der Waals surface area contributed by atoms with Crippen LogP contribution in [0.4, 0.5) is 0 Å². The van der Waals surface area contributed by atoms with Crippen LogP contribution in [0.25, 0.3) is 0 Å². The summed E-state index contributed by atoms with van der Waals surface area (Å²) in [5.41, 5.74) is 0.387. The Balaban J connectivity index is 1.92. The largest absolute Gasteiger partial charge is 0.281 e. The van der Waals surface area contributed by atoms with Gasteiger partial charge in [-0.3, -0.25) is 4.79 Å². The molecular formula is C11H15ClO. The van der Waals surface area contributed by atoms with E-state index in [0.29, 0.717) is 5.41 Å². The Morgan fingerprint density at radius 1 is 1.38 bits per heavy atom. The molecule has 0 aromatic rings. The molecule has 3 aliphatic rings. The smallest absolute Gasteiger partial charge is 0.227 e. The Morgan fingerprint density at radius 2 is 2.15 bits per heavy atom. The van der Waals surface area contributed by atoms with E-state index in [-0.39, 0.29) is 10.7 Å². The molecule has 2 bridgehead atoms. The van der Waals surface area contributed by atoms with Gasteiger partial charge in [-0.1, -0.05) is 6.92 Å². The number of hydrogen-bond donors (Lipinski definition) is 0. The molecule has 0 aromatic heterocycles. The summed E-state index contributed by atoms with van der Waals surface area (Å²) in [6.45, 7) is 2.07. The van der Waals surface area contributed by atoms with Gasteiger partial charge in [-0.25, -0.2) is 0 Å². The van der Waals surface area contributed by atoms with Gasteiger partial charge in [0.05, 0.1) is 0 Å². The number of carbonyl (C=O) groups excluding carboxylic acids is 1. The van der Waals surface area contributed by atoms with Crippen molar-refractivity contribution in [3.63, 3.8) is 0 Å². The predicted molar refractivity (Wildman–Crippen MR) is 51.5 cm³/mol. The Bertz CT molecular complexity index is 288. The molecule has 1 spiro atoms. The molecule has 3 saturated carbocycles. The third-order valence-electron chi connectivity index (χ3n) is 4.63. The summed E-state index contributed by atoms with van der Waals surface area (Å²) in [4.78, 5) is 11.4. The summed E-state index contributed by atoms with van der Waals surface area (Å²) in [6.07, 6.45) is 6.26. The SMILES string of the molecule is CC1(C(=O)Cl)CC2CC3CC3(C2)C1. The first-order valence-corrected chi connectivity index (χ1v) is 5.62. The zero-order valence-corrected chi connectivity index (χ0v) is 8.73. The van der Waals surface area contributed by atoms with Crippen LogP contribution in [0.1, 0.15) is 39.0 Å². The second-order valence-electron chi connectivity index (χ2n) is 5.78. The van der Waals surface area contributed by atoms with Gasteiger partial charge >= 0.3 is 0 Å². The molecule has 4 atom stereocenters. The van der Waals surface area contributed by atoms with E-state index < -0.39 is 0 Å². The lowest BCUT2D eigenvalue weighted by molar-refractivity contribution is -0.123. The van der Waals surface area contributed by atoms with Crippen LogP contribution in [0.5, 0.6) is 0 Å². The van der Waals surface area contributed by atoms with Gasteiger partial charge in [0.25, 0.3) is 0 Å². The van der Waals surface area contributed by atoms with Gasteiger partial charge in [-0.15, -0.1) is 0 Å². The summed E-state index contributed by atoms with van der Waals surface area (Å²) in [6, 6.07) is 0. The molecule has 1 nitrogen and oxygen atoms in total. The van der Waals surface area contributed by atoms with Crippen LogP contribution in [0, 0.1) is 22.7 Å². The number of fused-ring (bicyclic) bond motifs is 1. The standard InChI is InChI=1S/C11H15ClO/c1-10(9(12)13)3-7-2-8-5-11(8,4-7)6-10/h7-8H,2-6H2,1H3. The van der Waals surface area contributed by atoms with Gasteiger partial charge < -0.3 is 0 Å². The van der Waals surface area contributed by atoms with Crippen LogP contribution in [0.3, 0.4) is 0 Å². The number of hydrogen-bond acceptors (Lipinski definition) is 1. The van der Waals surface area contributed by atoms with Crippen molar-refractivity contribution in [1.29, 1.82) is 0 Å². The molecule has 0 amide bonds. The lowest BCUT2D eigenvalue weighted by Gasteiger charge is -2.37. The first kappa shape index (κ1) is 8.28. The summed E-state index contributed by atoms with van der Waals surface area (Å²) < 4.78 is 0. The summed E-state index contributed by atoms with van der Waals surface area (Å²) in [5, 5.41) is -0.0934. The third-order valence-corrected chi connectivity index (χ3v) is 5.08. The Labute approximate surface area is 83.8 Å². The maximum Gasteiger partial charge on any atom is 0.227 e. The van der Waals surface area contributed by atoms with Crippen molar-refractivity contribution < 1.29 is 4.79 Å². The molecule has 0 heterocycles. The van der Waals surface area contributed by atoms with Gasteiger partial charge in [0.15, 0.2) is 0 Å². The van der Waals surface area contributed by atoms with E-state index in [1.165, 1.54) is 19.3 Å². The van der Waals surface area contributed by atoms with Crippen molar-refractivity contribution in [3.05, 3.63) is 0 Å². The molecule has 0 saturated heterocycles. The quantitative estimate of drug-likeness (QED) is 0.592. The molecule has 3 fully saturated rings. The lowest BCUT2D eigenvalue weighted by atomic mass is 9.68. The van der Waals surface area contributed by atoms with Crippen molar-refractivity contribution in [3.8, 4) is 0 Å². The molecule has 13 heavy (non-hydrogen) atoms. The highest BCUT2D eigenvalue weighted by atomic mass is 35.5. The highest BCUT2D eigenvalue weighted by molar-refractivity contribution is 6.64. The van der Waals surface area contributed by atoms with Gasteiger partial charge in [0.2, 0.25) is 5.24 Å². The lowest BCUT2D eigenvalue weighted by Crippen LogP contribution is -2.33. The highest BCUT2D eigenvalue weighted by Gasteiger charge is 2.66. The van der Waals surface area contributed by atoms with Crippen LogP contribution in [-0.2, 0) is 4.79 Å². The summed E-state index contributed by atoms with van der Waals surface area (Å²) in [5.74, 6) is 1.76. The average molecular weight is 199 g/mol. The molecular weight excluding hydrogens is 184 g/mol. The van der Waals surface area contributed by atoms with Crippen LogP contribution in [0.15, 0.2) is 0 Å². The van der Waals surface area contributed by atoms with Gasteiger partial charge in [-0.05, 0) is 61.0 Å². The van der Waals surface area contributed by atoms with E-state index in [1.807, 2.05) is 0 Å². The zero-order chi connectivity index (χ0) is 9.27. The van der Waals surface area contributed by atoms with E-state index in [4.69, 9.17) is 11.6 Å². The monoisotopic (exact) mass is 198 g/mol.